The number of carbonyl (C=O) groups is 12. The van der Waals surface area contributed by atoms with E-state index in [0.717, 1.165) is 20.8 Å². The van der Waals surface area contributed by atoms with Crippen LogP contribution >= 0.6 is 24.4 Å². The van der Waals surface area contributed by atoms with E-state index in [1.54, 1.807) is 38.1 Å². The van der Waals surface area contributed by atoms with E-state index < -0.39 is 156 Å². The number of nitrogens with one attached hydrogen (secondary N) is 11. The lowest BCUT2D eigenvalue weighted by Gasteiger charge is -2.45. The highest BCUT2D eigenvalue weighted by atomic mass is 32.2. The average Bonchev–Trinajstić information content (AvgIpc) is 2.67. The highest BCUT2D eigenvalue weighted by molar-refractivity contribution is 7.98. The van der Waals surface area contributed by atoms with Crippen molar-refractivity contribution in [1.82, 2.24) is 62.6 Å². The number of amides is 12. The molecule has 3 saturated heterocycles. The summed E-state index contributed by atoms with van der Waals surface area (Å²) < 4.78 is 0. The quantitative estimate of drug-likeness (QED) is 0.0261. The second kappa shape index (κ2) is 30.6. The maximum Gasteiger partial charge on any atom is 0.247 e. The Labute approximate surface area is 512 Å². The van der Waals surface area contributed by atoms with E-state index in [0.29, 0.717) is 35.4 Å². The standard InChI is InChI=1S/C58H77N13O14S2/c1-6-29(2)50-55(83)61-25-34-19-40(64-34)54(82)67-42(22-46(75)59-24-32-11-13-33(14-12-32)65-51(79)31(4)63-47(76)26-60-45(74)16-18-71-49(78)23-44(86)58(71)85)57(84)70-17-15-35(70)20-37(30(3)43(73)28-72)52(80)66-41(53(81)62-27-48(77)69-50)21-38-36-9-7-8-10-39(36)68-56(38)87-5/h7-14,19,29-31,35,37,40-44,50,64,68,72-73,86H,6,15-18,20-28H2,1-5H3,(H,59,75)(H,60,74)(H,61,83)(H,62,81)(H,63,76)(H,65,79)(H,66,80)(H,67,82)(H,69,77)/t29-,30+,31-,35?,37-,40-,41+,42-,43-,44?,50-/m0/s1. The van der Waals surface area contributed by atoms with E-state index >= 15 is 0 Å². The van der Waals surface area contributed by atoms with Crippen LogP contribution in [0.15, 0.2) is 65.3 Å². The number of rotatable bonds is 20. The number of thioether (sulfide) groups is 1. The van der Waals surface area contributed by atoms with Crippen LogP contribution < -0.4 is 53.2 Å². The van der Waals surface area contributed by atoms with E-state index in [2.05, 4.69) is 70.8 Å². The molecule has 6 heterocycles. The molecule has 5 aliphatic rings. The van der Waals surface area contributed by atoms with Gasteiger partial charge in [-0.2, -0.15) is 12.6 Å². The molecule has 2 unspecified atom stereocenters. The Morgan fingerprint density at radius 3 is 2.17 bits per heavy atom. The number of imide groups is 1. The van der Waals surface area contributed by atoms with Crippen LogP contribution in [-0.2, 0) is 70.5 Å². The Bertz CT molecular complexity index is 3140. The number of nitrogens with zero attached hydrogens (tertiary/aromatic N) is 2. The minimum absolute atomic E-state index is 0.0430. The lowest BCUT2D eigenvalue weighted by molar-refractivity contribution is -0.147. The topological polar surface area (TPSA) is 388 Å². The van der Waals surface area contributed by atoms with Gasteiger partial charge in [0.15, 0.2) is 0 Å². The van der Waals surface area contributed by atoms with Gasteiger partial charge in [0.05, 0.1) is 49.0 Å². The molecular formula is C58H77N13O14S2. The molecule has 0 radical (unpaired) electrons. The summed E-state index contributed by atoms with van der Waals surface area (Å²) in [4.78, 5) is 166. The number of carbonyl (C=O) groups excluding carboxylic acids is 12. The summed E-state index contributed by atoms with van der Waals surface area (Å²) in [5.41, 5.74) is 2.88. The fourth-order valence-electron chi connectivity index (χ4n) is 10.5. The number of H-pyrrole nitrogens is 1. The van der Waals surface area contributed by atoms with Crippen molar-refractivity contribution < 1.29 is 67.7 Å². The summed E-state index contributed by atoms with van der Waals surface area (Å²) in [6.45, 7) is 4.81. The first-order valence-corrected chi connectivity index (χ1v) is 30.6. The van der Waals surface area contributed by atoms with Crippen LogP contribution in [0.1, 0.15) is 77.3 Å². The monoisotopic (exact) mass is 1240 g/mol. The van der Waals surface area contributed by atoms with Gasteiger partial charge >= 0.3 is 0 Å². The molecule has 3 aromatic rings. The number of para-hydroxylation sites is 1. The van der Waals surface area contributed by atoms with Crippen LogP contribution in [0.3, 0.4) is 0 Å². The van der Waals surface area contributed by atoms with Gasteiger partial charge in [0.2, 0.25) is 70.9 Å². The van der Waals surface area contributed by atoms with Crippen molar-refractivity contribution in [2.24, 2.45) is 17.8 Å². The molecule has 0 spiro atoms. The summed E-state index contributed by atoms with van der Waals surface area (Å²) in [6.07, 6.45) is 1.95. The Morgan fingerprint density at radius 1 is 0.816 bits per heavy atom. The molecule has 2 bridgehead atoms. The number of hydrogen-bond acceptors (Lipinski definition) is 17. The van der Waals surface area contributed by atoms with Crippen molar-refractivity contribution in [3.63, 3.8) is 0 Å². The molecule has 29 heteroatoms. The third-order valence-corrected chi connectivity index (χ3v) is 17.3. The average molecular weight is 1240 g/mol. The van der Waals surface area contributed by atoms with E-state index in [1.165, 1.54) is 29.7 Å². The SMILES string of the molecule is CC[C@H](C)[C@@H]1NC(=O)CNC(=O)[C@@H](Cc2c(SC)[nH]c3ccccc23)NC(=O)[C@H]([C@@H](C)[C@@H](O)CO)CC2CCN2C(=O)[C@H](CC(=O)NCc2ccc(NC(=O)[C@H](C)NC(=O)CNC(=O)CCN3C(=O)CC(S)C3=O)cc2)NC(=O)[C@@H]2C=C(CNC1=O)N2. The Balaban J connectivity index is 1.03. The van der Waals surface area contributed by atoms with E-state index in [-0.39, 0.29) is 57.8 Å². The number of fused-ring (bicyclic) bond motifs is 17. The predicted octanol–water partition coefficient (Wildman–Crippen LogP) is -1.66. The number of anilines is 1. The van der Waals surface area contributed by atoms with Crippen molar-refractivity contribution in [2.45, 2.75) is 132 Å². The Morgan fingerprint density at radius 2 is 1.52 bits per heavy atom. The molecule has 2 aromatic carbocycles. The molecule has 0 aliphatic carbocycles. The molecular weight excluding hydrogens is 1170 g/mol. The second-order valence-electron chi connectivity index (χ2n) is 22.2. The molecule has 470 valence electrons. The number of aromatic amines is 1. The first-order valence-electron chi connectivity index (χ1n) is 28.9. The first-order chi connectivity index (χ1) is 41.5. The van der Waals surface area contributed by atoms with Gasteiger partial charge in [-0.05, 0) is 73.3 Å². The molecule has 5 aliphatic heterocycles. The van der Waals surface area contributed by atoms with Crippen LogP contribution in [0, 0.1) is 17.8 Å². The zero-order valence-electron chi connectivity index (χ0n) is 49.0. The number of hydrogen-bond donors (Lipinski definition) is 14. The number of likely N-dealkylation sites (tertiary alicyclic amines) is 1. The molecule has 3 fully saturated rings. The molecule has 11 atom stereocenters. The zero-order chi connectivity index (χ0) is 63.2. The fourth-order valence-corrected chi connectivity index (χ4v) is 11.4. The van der Waals surface area contributed by atoms with Crippen LogP contribution in [0.25, 0.3) is 10.9 Å². The van der Waals surface area contributed by atoms with Crippen molar-refractivity contribution in [1.29, 1.82) is 0 Å². The number of thiol groups is 1. The van der Waals surface area contributed by atoms with Gasteiger partial charge in [-0.3, -0.25) is 62.4 Å². The van der Waals surface area contributed by atoms with E-state index in [1.807, 2.05) is 37.4 Å². The second-order valence-corrected chi connectivity index (χ2v) is 23.6. The zero-order valence-corrected chi connectivity index (χ0v) is 50.7. The number of benzene rings is 2. The van der Waals surface area contributed by atoms with Crippen LogP contribution in [0.4, 0.5) is 5.69 Å². The summed E-state index contributed by atoms with van der Waals surface area (Å²) in [5, 5.41) is 49.0. The normalized spacial score (nSPS) is 23.7. The fraction of sp³-hybridized carbons (Fsp3) is 0.517. The smallest absolute Gasteiger partial charge is 0.247 e. The van der Waals surface area contributed by atoms with Crippen LogP contribution in [0.5, 0.6) is 0 Å². The lowest BCUT2D eigenvalue weighted by atomic mass is 9.80. The summed E-state index contributed by atoms with van der Waals surface area (Å²) in [5.74, 6) is -9.72. The molecule has 27 nitrogen and oxygen atoms in total. The lowest BCUT2D eigenvalue weighted by Crippen LogP contribution is -2.62. The van der Waals surface area contributed by atoms with Gasteiger partial charge in [0, 0.05) is 73.1 Å². The molecule has 13 N–H and O–H groups in total. The van der Waals surface area contributed by atoms with Crippen molar-refractivity contribution in [3.8, 4) is 0 Å². The van der Waals surface area contributed by atoms with Gasteiger partial charge in [-0.15, -0.1) is 11.8 Å². The van der Waals surface area contributed by atoms with Gasteiger partial charge in [0.1, 0.15) is 30.2 Å². The van der Waals surface area contributed by atoms with Gasteiger partial charge in [0.25, 0.3) is 0 Å². The van der Waals surface area contributed by atoms with Crippen molar-refractivity contribution in [3.05, 3.63) is 71.4 Å². The summed E-state index contributed by atoms with van der Waals surface area (Å²) in [6, 6.07) is 7.35. The largest absolute Gasteiger partial charge is 0.394 e. The Hall–Kier alpha value is -8.02. The molecule has 12 amide bonds. The number of aliphatic hydroxyl groups is 2. The van der Waals surface area contributed by atoms with Crippen molar-refractivity contribution >= 4 is 112 Å². The predicted molar refractivity (Wildman–Crippen MR) is 321 cm³/mol. The Kier molecular flexibility index (Phi) is 23.4. The van der Waals surface area contributed by atoms with E-state index in [4.69, 9.17) is 0 Å². The first kappa shape index (κ1) is 66.5. The minimum atomic E-state index is -1.43. The van der Waals surface area contributed by atoms with Gasteiger partial charge < -0.3 is 73.3 Å². The molecule has 1 aromatic heterocycles. The summed E-state index contributed by atoms with van der Waals surface area (Å²) >= 11 is 5.45. The molecule has 8 rings (SSSR count). The number of aliphatic hydroxyl groups excluding tert-OH is 2. The highest BCUT2D eigenvalue weighted by Crippen LogP contribution is 2.33. The highest BCUT2D eigenvalue weighted by Gasteiger charge is 2.44. The van der Waals surface area contributed by atoms with Gasteiger partial charge in [-0.1, -0.05) is 57.5 Å². The molecule has 87 heavy (non-hydrogen) atoms. The minimum Gasteiger partial charge on any atom is -0.394 e. The summed E-state index contributed by atoms with van der Waals surface area (Å²) in [7, 11) is 0. The maximum atomic E-state index is 14.8. The van der Waals surface area contributed by atoms with Crippen LogP contribution in [-0.4, -0.2) is 189 Å². The number of aromatic nitrogens is 1. The van der Waals surface area contributed by atoms with Gasteiger partial charge in [-0.25, -0.2) is 0 Å². The maximum absolute atomic E-state index is 14.8. The third kappa shape index (κ3) is 17.4. The van der Waals surface area contributed by atoms with Crippen LogP contribution in [0.2, 0.25) is 0 Å². The van der Waals surface area contributed by atoms with E-state index in [9.17, 15) is 67.7 Å². The van der Waals surface area contributed by atoms with Crippen molar-refractivity contribution in [2.75, 3.05) is 50.9 Å². The third-order valence-electron chi connectivity index (χ3n) is 16.1. The molecule has 0 saturated carbocycles.